The van der Waals surface area contributed by atoms with Crippen molar-refractivity contribution in [3.63, 3.8) is 0 Å². The summed E-state index contributed by atoms with van der Waals surface area (Å²) in [7, 11) is 1.72. The van der Waals surface area contributed by atoms with Gasteiger partial charge in [0.1, 0.15) is 5.82 Å². The molecule has 1 amide bonds. The summed E-state index contributed by atoms with van der Waals surface area (Å²) in [6, 6.07) is 22.6. The third kappa shape index (κ3) is 4.31. The third-order valence-corrected chi connectivity index (χ3v) is 4.70. The molecule has 1 N–H and O–H groups in total. The van der Waals surface area contributed by atoms with E-state index < -0.39 is 11.7 Å². The monoisotopic (exact) mass is 366 g/mol. The summed E-state index contributed by atoms with van der Waals surface area (Å²) in [5.74, 6) is -0.977. The van der Waals surface area contributed by atoms with Gasteiger partial charge in [-0.1, -0.05) is 48.5 Å². The average Bonchev–Trinajstić information content (AvgIpc) is 2.65. The van der Waals surface area contributed by atoms with Gasteiger partial charge in [0, 0.05) is 11.9 Å². The minimum atomic E-state index is -0.500. The molecule has 0 bridgehead atoms. The zero-order valence-corrected chi connectivity index (χ0v) is 15.4. The molecule has 0 aliphatic rings. The van der Waals surface area contributed by atoms with E-state index in [1.54, 1.807) is 30.5 Å². The largest absolute Gasteiger partial charge is 0.275 e. The van der Waals surface area contributed by atoms with Crippen molar-refractivity contribution in [2.24, 2.45) is 0 Å². The van der Waals surface area contributed by atoms with Crippen LogP contribution in [-0.4, -0.2) is 17.4 Å². The predicted molar refractivity (Wildman–Crippen MR) is 104 cm³/mol. The number of hydrazine groups is 1. The van der Waals surface area contributed by atoms with Crippen LogP contribution in [0.25, 0.3) is 11.1 Å². The SMILES string of the molecule is Cc1cc(-c2ccccc2)cc(C(=O)NN(C)Sc2ccccc2)c1F. The molecular formula is C21H19FN2OS. The molecule has 0 fully saturated rings. The lowest BCUT2D eigenvalue weighted by molar-refractivity contribution is 0.0896. The minimum absolute atomic E-state index is 0.0318. The Bertz CT molecular complexity index is 901. The zero-order chi connectivity index (χ0) is 18.5. The number of nitrogens with one attached hydrogen (secondary N) is 1. The van der Waals surface area contributed by atoms with Crippen LogP contribution in [0.2, 0.25) is 0 Å². The second kappa shape index (κ2) is 8.17. The smallest absolute Gasteiger partial charge is 0.269 e. The predicted octanol–water partition coefficient (Wildman–Crippen LogP) is 5.09. The fraction of sp³-hybridized carbons (Fsp3) is 0.0952. The second-order valence-electron chi connectivity index (χ2n) is 5.86. The van der Waals surface area contributed by atoms with Gasteiger partial charge >= 0.3 is 0 Å². The van der Waals surface area contributed by atoms with Gasteiger partial charge in [0.25, 0.3) is 5.91 Å². The van der Waals surface area contributed by atoms with Gasteiger partial charge in [-0.2, -0.15) is 4.41 Å². The molecule has 0 saturated carbocycles. The number of benzene rings is 3. The lowest BCUT2D eigenvalue weighted by Gasteiger charge is -2.18. The lowest BCUT2D eigenvalue weighted by atomic mass is 9.99. The molecule has 26 heavy (non-hydrogen) atoms. The molecule has 0 saturated heterocycles. The molecule has 0 atom stereocenters. The van der Waals surface area contributed by atoms with Crippen molar-refractivity contribution in [1.82, 2.24) is 9.84 Å². The first-order valence-electron chi connectivity index (χ1n) is 8.18. The zero-order valence-electron chi connectivity index (χ0n) is 14.6. The van der Waals surface area contributed by atoms with Gasteiger partial charge in [0.05, 0.1) is 5.56 Å². The molecule has 0 aromatic heterocycles. The van der Waals surface area contributed by atoms with E-state index >= 15 is 0 Å². The maximum atomic E-state index is 14.5. The Labute approximate surface area is 157 Å². The first-order chi connectivity index (χ1) is 12.5. The molecule has 3 nitrogen and oxygen atoms in total. The van der Waals surface area contributed by atoms with E-state index in [1.807, 2.05) is 60.7 Å². The molecule has 0 radical (unpaired) electrons. The number of rotatable bonds is 5. The van der Waals surface area contributed by atoms with Gasteiger partial charge in [-0.25, -0.2) is 4.39 Å². The highest BCUT2D eigenvalue weighted by molar-refractivity contribution is 7.97. The maximum absolute atomic E-state index is 14.5. The van der Waals surface area contributed by atoms with Gasteiger partial charge in [-0.05, 0) is 59.8 Å². The van der Waals surface area contributed by atoms with Crippen LogP contribution in [0.1, 0.15) is 15.9 Å². The number of amides is 1. The number of carbonyl (C=O) groups is 1. The standard InChI is InChI=1S/C21H19FN2OS/c1-15-13-17(16-9-5-3-6-10-16)14-19(20(15)22)21(25)23-24(2)26-18-11-7-4-8-12-18/h3-14H,1-2H3,(H,23,25). The summed E-state index contributed by atoms with van der Waals surface area (Å²) in [4.78, 5) is 13.6. The van der Waals surface area contributed by atoms with Crippen LogP contribution in [0.15, 0.2) is 77.7 Å². The lowest BCUT2D eigenvalue weighted by Crippen LogP contribution is -2.35. The molecule has 0 heterocycles. The Morgan fingerprint density at radius 2 is 1.58 bits per heavy atom. The molecule has 5 heteroatoms. The minimum Gasteiger partial charge on any atom is -0.275 e. The Morgan fingerprint density at radius 3 is 2.23 bits per heavy atom. The number of aryl methyl sites for hydroxylation is 1. The summed E-state index contributed by atoms with van der Waals surface area (Å²) in [6.07, 6.45) is 0. The van der Waals surface area contributed by atoms with Crippen molar-refractivity contribution in [3.8, 4) is 11.1 Å². The number of hydrogen-bond acceptors (Lipinski definition) is 3. The fourth-order valence-corrected chi connectivity index (χ4v) is 3.32. The topological polar surface area (TPSA) is 32.3 Å². The van der Waals surface area contributed by atoms with E-state index in [1.165, 1.54) is 11.9 Å². The average molecular weight is 366 g/mol. The third-order valence-electron chi connectivity index (χ3n) is 3.85. The van der Waals surface area contributed by atoms with Crippen molar-refractivity contribution < 1.29 is 9.18 Å². The highest BCUT2D eigenvalue weighted by Gasteiger charge is 2.17. The van der Waals surface area contributed by atoms with Crippen molar-refractivity contribution in [1.29, 1.82) is 0 Å². The van der Waals surface area contributed by atoms with Crippen LogP contribution >= 0.6 is 11.9 Å². The van der Waals surface area contributed by atoms with Gasteiger partial charge < -0.3 is 0 Å². The summed E-state index contributed by atoms with van der Waals surface area (Å²) in [6.45, 7) is 1.67. The highest BCUT2D eigenvalue weighted by atomic mass is 32.2. The molecule has 132 valence electrons. The quantitative estimate of drug-likeness (QED) is 0.504. The molecular weight excluding hydrogens is 347 g/mol. The summed E-state index contributed by atoms with van der Waals surface area (Å²) >= 11 is 1.36. The van der Waals surface area contributed by atoms with Gasteiger partial charge in [0.2, 0.25) is 0 Å². The van der Waals surface area contributed by atoms with Crippen LogP contribution in [0.3, 0.4) is 0 Å². The van der Waals surface area contributed by atoms with E-state index in [4.69, 9.17) is 0 Å². The molecule has 0 aliphatic carbocycles. The van der Waals surface area contributed by atoms with Crippen LogP contribution in [-0.2, 0) is 0 Å². The highest BCUT2D eigenvalue weighted by Crippen LogP contribution is 2.25. The van der Waals surface area contributed by atoms with E-state index in [-0.39, 0.29) is 5.56 Å². The number of nitrogens with zero attached hydrogens (tertiary/aromatic N) is 1. The maximum Gasteiger partial charge on any atom is 0.269 e. The number of hydrogen-bond donors (Lipinski definition) is 1. The molecule has 3 aromatic carbocycles. The van der Waals surface area contributed by atoms with Gasteiger partial charge in [-0.3, -0.25) is 10.2 Å². The summed E-state index contributed by atoms with van der Waals surface area (Å²) < 4.78 is 16.1. The fourth-order valence-electron chi connectivity index (χ4n) is 2.60. The Hall–Kier alpha value is -2.63. The van der Waals surface area contributed by atoms with Crippen LogP contribution in [0.4, 0.5) is 4.39 Å². The van der Waals surface area contributed by atoms with Gasteiger partial charge in [-0.15, -0.1) is 0 Å². The summed E-state index contributed by atoms with van der Waals surface area (Å²) in [5.41, 5.74) is 4.93. The van der Waals surface area contributed by atoms with Gasteiger partial charge in [0.15, 0.2) is 0 Å². The second-order valence-corrected chi connectivity index (χ2v) is 7.07. The van der Waals surface area contributed by atoms with E-state index in [0.29, 0.717) is 5.56 Å². The van der Waals surface area contributed by atoms with Crippen molar-refractivity contribution >= 4 is 17.9 Å². The summed E-state index contributed by atoms with van der Waals surface area (Å²) in [5, 5.41) is 0. The Kier molecular flexibility index (Phi) is 5.71. The number of halogens is 1. The molecule has 0 aliphatic heterocycles. The normalized spacial score (nSPS) is 10.8. The Balaban J connectivity index is 1.81. The first-order valence-corrected chi connectivity index (χ1v) is 8.95. The molecule has 3 aromatic rings. The van der Waals surface area contributed by atoms with Crippen molar-refractivity contribution in [2.45, 2.75) is 11.8 Å². The van der Waals surface area contributed by atoms with Crippen molar-refractivity contribution in [3.05, 3.63) is 89.7 Å². The van der Waals surface area contributed by atoms with E-state index in [2.05, 4.69) is 5.43 Å². The molecule has 0 unspecified atom stereocenters. The van der Waals surface area contributed by atoms with E-state index in [9.17, 15) is 9.18 Å². The van der Waals surface area contributed by atoms with Crippen LogP contribution < -0.4 is 5.43 Å². The molecule has 0 spiro atoms. The molecule has 3 rings (SSSR count). The Morgan fingerprint density at radius 1 is 0.962 bits per heavy atom. The van der Waals surface area contributed by atoms with E-state index in [0.717, 1.165) is 16.0 Å². The van der Waals surface area contributed by atoms with Crippen LogP contribution in [0, 0.1) is 12.7 Å². The van der Waals surface area contributed by atoms with Crippen molar-refractivity contribution in [2.75, 3.05) is 7.05 Å². The first kappa shape index (κ1) is 18.2. The number of carbonyl (C=O) groups excluding carboxylic acids is 1. The van der Waals surface area contributed by atoms with Crippen LogP contribution in [0.5, 0.6) is 0 Å².